The van der Waals surface area contributed by atoms with E-state index in [2.05, 4.69) is 15.6 Å². The van der Waals surface area contributed by atoms with E-state index in [4.69, 9.17) is 20.9 Å². The lowest BCUT2D eigenvalue weighted by atomic mass is 10.2. The predicted molar refractivity (Wildman–Crippen MR) is 97.6 cm³/mol. The monoisotopic (exact) mass is 374 g/mol. The Morgan fingerprint density at radius 2 is 2.15 bits per heavy atom. The Morgan fingerprint density at radius 1 is 1.35 bits per heavy atom. The van der Waals surface area contributed by atoms with Crippen LogP contribution in [0, 0.1) is 13.8 Å². The van der Waals surface area contributed by atoms with Crippen molar-refractivity contribution in [2.75, 3.05) is 5.32 Å². The molecule has 0 atom stereocenters. The molecular formula is C18H19ClN4O3. The first-order valence-electron chi connectivity index (χ1n) is 8.17. The van der Waals surface area contributed by atoms with Gasteiger partial charge in [0.1, 0.15) is 18.1 Å². The second-order valence-electron chi connectivity index (χ2n) is 5.75. The van der Waals surface area contributed by atoms with E-state index in [9.17, 15) is 4.79 Å². The molecule has 0 unspecified atom stereocenters. The lowest BCUT2D eigenvalue weighted by molar-refractivity contribution is 0.101. The summed E-state index contributed by atoms with van der Waals surface area (Å²) < 4.78 is 12.7. The summed E-state index contributed by atoms with van der Waals surface area (Å²) in [5.74, 6) is 1.19. The van der Waals surface area contributed by atoms with Crippen LogP contribution < -0.4 is 10.1 Å². The van der Waals surface area contributed by atoms with Gasteiger partial charge in [-0.2, -0.15) is 5.10 Å². The van der Waals surface area contributed by atoms with Crippen molar-refractivity contribution >= 4 is 23.3 Å². The number of anilines is 1. The third-order valence-corrected chi connectivity index (χ3v) is 4.14. The quantitative estimate of drug-likeness (QED) is 0.705. The van der Waals surface area contributed by atoms with Crippen LogP contribution in [0.5, 0.6) is 5.75 Å². The minimum Gasteiger partial charge on any atom is -0.489 e. The van der Waals surface area contributed by atoms with E-state index < -0.39 is 5.91 Å². The molecule has 0 spiro atoms. The standard InChI is InChI=1S/C18H19ClN4O3/c1-4-23-11(2)8-16(21-23)20-18(24)17-15(12(3)26-22-17)10-25-14-7-5-6-13(19)9-14/h5-9H,4,10H2,1-3H3,(H,20,21,24). The van der Waals surface area contributed by atoms with E-state index >= 15 is 0 Å². The Kier molecular flexibility index (Phi) is 5.27. The predicted octanol–water partition coefficient (Wildman–Crippen LogP) is 3.99. The van der Waals surface area contributed by atoms with Crippen molar-refractivity contribution in [2.24, 2.45) is 0 Å². The molecule has 2 aromatic heterocycles. The number of hydrogen-bond acceptors (Lipinski definition) is 5. The maximum absolute atomic E-state index is 12.6. The van der Waals surface area contributed by atoms with Crippen molar-refractivity contribution in [2.45, 2.75) is 33.9 Å². The second-order valence-corrected chi connectivity index (χ2v) is 6.19. The minimum absolute atomic E-state index is 0.140. The fourth-order valence-corrected chi connectivity index (χ4v) is 2.70. The Bertz CT molecular complexity index is 932. The molecule has 0 radical (unpaired) electrons. The molecule has 3 aromatic rings. The van der Waals surface area contributed by atoms with Gasteiger partial charge in [-0.05, 0) is 39.0 Å². The van der Waals surface area contributed by atoms with Crippen molar-refractivity contribution in [3.05, 3.63) is 58.1 Å². The molecule has 0 saturated heterocycles. The maximum Gasteiger partial charge on any atom is 0.279 e. The highest BCUT2D eigenvalue weighted by Crippen LogP contribution is 2.21. The molecule has 0 aliphatic heterocycles. The second kappa shape index (κ2) is 7.61. The number of aryl methyl sites for hydroxylation is 3. The summed E-state index contributed by atoms with van der Waals surface area (Å²) in [5, 5.41) is 11.5. The van der Waals surface area contributed by atoms with E-state index in [1.807, 2.05) is 13.8 Å². The van der Waals surface area contributed by atoms with Gasteiger partial charge in [0.05, 0.1) is 5.56 Å². The topological polar surface area (TPSA) is 82.2 Å². The summed E-state index contributed by atoms with van der Waals surface area (Å²) in [6.45, 7) is 6.51. The summed E-state index contributed by atoms with van der Waals surface area (Å²) >= 11 is 5.95. The van der Waals surface area contributed by atoms with Gasteiger partial charge in [0.2, 0.25) is 0 Å². The molecule has 3 rings (SSSR count). The van der Waals surface area contributed by atoms with Crippen LogP contribution in [0.4, 0.5) is 5.82 Å². The number of rotatable bonds is 6. The number of ether oxygens (including phenoxy) is 1. The van der Waals surface area contributed by atoms with E-state index in [0.29, 0.717) is 27.9 Å². The SMILES string of the molecule is CCn1nc(NC(=O)c2noc(C)c2COc2cccc(Cl)c2)cc1C. The molecule has 7 nitrogen and oxygen atoms in total. The first-order valence-corrected chi connectivity index (χ1v) is 8.55. The van der Waals surface area contributed by atoms with E-state index in [0.717, 1.165) is 12.2 Å². The van der Waals surface area contributed by atoms with Crippen LogP contribution in [0.2, 0.25) is 5.02 Å². The van der Waals surface area contributed by atoms with Crippen LogP contribution >= 0.6 is 11.6 Å². The zero-order valence-corrected chi connectivity index (χ0v) is 15.5. The highest BCUT2D eigenvalue weighted by molar-refractivity contribution is 6.30. The van der Waals surface area contributed by atoms with Crippen molar-refractivity contribution in [3.8, 4) is 5.75 Å². The third-order valence-electron chi connectivity index (χ3n) is 3.90. The molecule has 26 heavy (non-hydrogen) atoms. The molecule has 136 valence electrons. The van der Waals surface area contributed by atoms with Crippen molar-refractivity contribution in [1.29, 1.82) is 0 Å². The lowest BCUT2D eigenvalue weighted by Crippen LogP contribution is -2.16. The number of nitrogens with zero attached hydrogens (tertiary/aromatic N) is 3. The summed E-state index contributed by atoms with van der Waals surface area (Å²) in [6, 6.07) is 8.84. The first kappa shape index (κ1) is 18.0. The molecule has 0 aliphatic rings. The van der Waals surface area contributed by atoms with E-state index in [1.165, 1.54) is 0 Å². The number of carbonyl (C=O) groups is 1. The molecule has 0 bridgehead atoms. The molecule has 8 heteroatoms. The van der Waals surface area contributed by atoms with Crippen LogP contribution in [-0.2, 0) is 13.2 Å². The summed E-state index contributed by atoms with van der Waals surface area (Å²) in [7, 11) is 0. The number of nitrogens with one attached hydrogen (secondary N) is 1. The number of amides is 1. The van der Waals surface area contributed by atoms with Crippen LogP contribution in [0.15, 0.2) is 34.9 Å². The molecule has 1 aromatic carbocycles. The van der Waals surface area contributed by atoms with Crippen LogP contribution in [0.3, 0.4) is 0 Å². The normalized spacial score (nSPS) is 10.8. The fourth-order valence-electron chi connectivity index (χ4n) is 2.52. The molecule has 1 N–H and O–H groups in total. The van der Waals surface area contributed by atoms with Crippen LogP contribution in [-0.4, -0.2) is 20.8 Å². The molecular weight excluding hydrogens is 356 g/mol. The Morgan fingerprint density at radius 3 is 2.85 bits per heavy atom. The average molecular weight is 375 g/mol. The number of benzene rings is 1. The Balaban J connectivity index is 1.74. The van der Waals surface area contributed by atoms with Crippen molar-refractivity contribution in [3.63, 3.8) is 0 Å². The van der Waals surface area contributed by atoms with Gasteiger partial charge in [-0.1, -0.05) is 22.8 Å². The molecule has 2 heterocycles. The minimum atomic E-state index is -0.396. The highest BCUT2D eigenvalue weighted by Gasteiger charge is 2.21. The summed E-state index contributed by atoms with van der Waals surface area (Å²) in [6.07, 6.45) is 0. The zero-order valence-electron chi connectivity index (χ0n) is 14.7. The lowest BCUT2D eigenvalue weighted by Gasteiger charge is -2.07. The summed E-state index contributed by atoms with van der Waals surface area (Å²) in [5.41, 5.74) is 1.71. The van der Waals surface area contributed by atoms with Crippen LogP contribution in [0.1, 0.15) is 34.4 Å². The molecule has 1 amide bonds. The maximum atomic E-state index is 12.6. The van der Waals surface area contributed by atoms with E-state index in [-0.39, 0.29) is 12.3 Å². The Hall–Kier alpha value is -2.80. The number of aromatic nitrogens is 3. The molecule has 0 saturated carbocycles. The molecule has 0 aliphatic carbocycles. The van der Waals surface area contributed by atoms with Gasteiger partial charge < -0.3 is 14.6 Å². The third kappa shape index (κ3) is 3.88. The number of halogens is 1. The van der Waals surface area contributed by atoms with Gasteiger partial charge in [0.25, 0.3) is 5.91 Å². The molecule has 0 fully saturated rings. The van der Waals surface area contributed by atoms with Gasteiger partial charge >= 0.3 is 0 Å². The van der Waals surface area contributed by atoms with Crippen molar-refractivity contribution in [1.82, 2.24) is 14.9 Å². The van der Waals surface area contributed by atoms with Gasteiger partial charge in [-0.3, -0.25) is 9.48 Å². The van der Waals surface area contributed by atoms with Gasteiger partial charge in [-0.25, -0.2) is 0 Å². The van der Waals surface area contributed by atoms with Gasteiger partial charge in [-0.15, -0.1) is 0 Å². The van der Waals surface area contributed by atoms with Gasteiger partial charge in [0, 0.05) is 23.3 Å². The average Bonchev–Trinajstić information content (AvgIpc) is 3.15. The van der Waals surface area contributed by atoms with Crippen LogP contribution in [0.25, 0.3) is 0 Å². The zero-order chi connectivity index (χ0) is 18.7. The smallest absolute Gasteiger partial charge is 0.279 e. The first-order chi connectivity index (χ1) is 12.5. The van der Waals surface area contributed by atoms with Crippen molar-refractivity contribution < 1.29 is 14.1 Å². The number of hydrogen-bond donors (Lipinski definition) is 1. The van der Waals surface area contributed by atoms with E-state index in [1.54, 1.807) is 41.9 Å². The van der Waals surface area contributed by atoms with Gasteiger partial charge in [0.15, 0.2) is 11.5 Å². The summed E-state index contributed by atoms with van der Waals surface area (Å²) in [4.78, 5) is 12.6. The fraction of sp³-hybridized carbons (Fsp3) is 0.278. The largest absolute Gasteiger partial charge is 0.489 e. The highest BCUT2D eigenvalue weighted by atomic mass is 35.5. The number of carbonyl (C=O) groups excluding carboxylic acids is 1. The Labute approximate surface area is 155 Å².